The highest BCUT2D eigenvalue weighted by molar-refractivity contribution is 7.99. The summed E-state index contributed by atoms with van der Waals surface area (Å²) >= 11 is 1.55. The van der Waals surface area contributed by atoms with Gasteiger partial charge in [-0.05, 0) is 24.6 Å². The normalized spacial score (nSPS) is 11.1. The number of aromatic nitrogens is 4. The average Bonchev–Trinajstić information content (AvgIpc) is 2.89. The van der Waals surface area contributed by atoms with Gasteiger partial charge in [0.15, 0.2) is 5.16 Å². The van der Waals surface area contributed by atoms with E-state index < -0.39 is 0 Å². The first-order valence-electron chi connectivity index (χ1n) is 6.56. The minimum atomic E-state index is -0.389. The summed E-state index contributed by atoms with van der Waals surface area (Å²) in [6.45, 7) is 2.08. The monoisotopic (exact) mass is 304 g/mol. The number of halogens is 1. The van der Waals surface area contributed by atoms with E-state index in [1.165, 1.54) is 16.7 Å². The van der Waals surface area contributed by atoms with Crippen molar-refractivity contribution in [1.29, 1.82) is 0 Å². The largest absolute Gasteiger partial charge is 0.300 e. The van der Waals surface area contributed by atoms with Crippen LogP contribution < -0.4 is 5.56 Å². The number of thioether (sulfide) groups is 1. The molecule has 2 heterocycles. The maximum absolute atomic E-state index is 13.3. The average molecular weight is 304 g/mol. The molecule has 0 N–H and O–H groups in total. The van der Waals surface area contributed by atoms with E-state index in [1.54, 1.807) is 40.7 Å². The van der Waals surface area contributed by atoms with Crippen molar-refractivity contribution in [2.75, 3.05) is 5.75 Å². The van der Waals surface area contributed by atoms with Gasteiger partial charge in [0.1, 0.15) is 5.82 Å². The second kappa shape index (κ2) is 5.69. The zero-order valence-corrected chi connectivity index (χ0v) is 12.2. The van der Waals surface area contributed by atoms with Crippen LogP contribution in [0.4, 0.5) is 4.39 Å². The Labute approximate surface area is 124 Å². The Kier molecular flexibility index (Phi) is 3.74. The van der Waals surface area contributed by atoms with Crippen molar-refractivity contribution >= 4 is 17.4 Å². The van der Waals surface area contributed by atoms with Crippen LogP contribution in [0.15, 0.2) is 46.6 Å². The molecule has 0 atom stereocenters. The Bertz CT molecular complexity index is 842. The molecule has 0 saturated carbocycles. The zero-order chi connectivity index (χ0) is 14.8. The van der Waals surface area contributed by atoms with Crippen molar-refractivity contribution in [3.63, 3.8) is 0 Å². The maximum Gasteiger partial charge on any atom is 0.300 e. The third-order valence-electron chi connectivity index (χ3n) is 2.96. The molecule has 1 aromatic carbocycles. The van der Waals surface area contributed by atoms with Gasteiger partial charge in [-0.3, -0.25) is 13.8 Å². The van der Waals surface area contributed by atoms with Crippen molar-refractivity contribution in [1.82, 2.24) is 19.2 Å². The second-order valence-electron chi connectivity index (χ2n) is 4.48. The smallest absolute Gasteiger partial charge is 0.279 e. The van der Waals surface area contributed by atoms with E-state index in [0.29, 0.717) is 10.8 Å². The maximum atomic E-state index is 13.3. The number of hydrogen-bond donors (Lipinski definition) is 0. The first-order chi connectivity index (χ1) is 10.2. The fourth-order valence-corrected chi connectivity index (χ4v) is 2.76. The lowest BCUT2D eigenvalue weighted by Gasteiger charge is -2.06. The van der Waals surface area contributed by atoms with Gasteiger partial charge in [0, 0.05) is 18.1 Å². The lowest BCUT2D eigenvalue weighted by atomic mass is 10.3. The quantitative estimate of drug-likeness (QED) is 0.695. The van der Waals surface area contributed by atoms with E-state index in [-0.39, 0.29) is 17.0 Å². The Balaban J connectivity index is 2.11. The highest BCUT2D eigenvalue weighted by Gasteiger charge is 2.11. The standard InChI is InChI=1S/C14H13FN4OS/c1-2-8-21-14-17-16-12-13(20)18(6-7-19(12)14)11-5-3-4-10(15)9-11/h3-7,9H,2,8H2,1H3. The topological polar surface area (TPSA) is 52.2 Å². The summed E-state index contributed by atoms with van der Waals surface area (Å²) in [7, 11) is 0. The van der Waals surface area contributed by atoms with Crippen molar-refractivity contribution in [2.24, 2.45) is 0 Å². The summed E-state index contributed by atoms with van der Waals surface area (Å²) in [4.78, 5) is 12.4. The minimum absolute atomic E-state index is 0.236. The van der Waals surface area contributed by atoms with Gasteiger partial charge >= 0.3 is 5.56 Å². The predicted octanol–water partition coefficient (Wildman–Crippen LogP) is 2.52. The Morgan fingerprint density at radius 3 is 2.90 bits per heavy atom. The van der Waals surface area contributed by atoms with E-state index in [2.05, 4.69) is 17.1 Å². The second-order valence-corrected chi connectivity index (χ2v) is 5.54. The van der Waals surface area contributed by atoms with Crippen LogP contribution in [0.1, 0.15) is 13.3 Å². The number of hydrogen-bond acceptors (Lipinski definition) is 4. The number of fused-ring (bicyclic) bond motifs is 1. The molecule has 21 heavy (non-hydrogen) atoms. The summed E-state index contributed by atoms with van der Waals surface area (Å²) in [5, 5.41) is 8.67. The van der Waals surface area contributed by atoms with E-state index in [9.17, 15) is 9.18 Å². The van der Waals surface area contributed by atoms with Crippen molar-refractivity contribution < 1.29 is 4.39 Å². The molecule has 0 aliphatic carbocycles. The van der Waals surface area contributed by atoms with Crippen molar-refractivity contribution in [2.45, 2.75) is 18.5 Å². The molecule has 0 unspecified atom stereocenters. The minimum Gasteiger partial charge on any atom is -0.279 e. The molecule has 5 nitrogen and oxygen atoms in total. The van der Waals surface area contributed by atoms with E-state index >= 15 is 0 Å². The van der Waals surface area contributed by atoms with Crippen LogP contribution in [0, 0.1) is 5.82 Å². The lowest BCUT2D eigenvalue weighted by Crippen LogP contribution is -2.20. The van der Waals surface area contributed by atoms with E-state index in [0.717, 1.165) is 12.2 Å². The first-order valence-corrected chi connectivity index (χ1v) is 7.54. The summed E-state index contributed by atoms with van der Waals surface area (Å²) in [6.07, 6.45) is 4.34. The van der Waals surface area contributed by atoms with E-state index in [1.807, 2.05) is 0 Å². The molecule has 0 aliphatic heterocycles. The molecular weight excluding hydrogens is 291 g/mol. The summed E-state index contributed by atoms with van der Waals surface area (Å²) in [6, 6.07) is 5.88. The van der Waals surface area contributed by atoms with Gasteiger partial charge in [0.25, 0.3) is 0 Å². The molecular formula is C14H13FN4OS. The summed E-state index contributed by atoms with van der Waals surface area (Å²) in [5.74, 6) is 0.522. The Hall–Kier alpha value is -2.15. The fraction of sp³-hybridized carbons (Fsp3) is 0.214. The molecule has 0 fully saturated rings. The molecule has 0 saturated heterocycles. The molecule has 0 radical (unpaired) electrons. The molecule has 0 amide bonds. The van der Waals surface area contributed by atoms with Gasteiger partial charge in [-0.1, -0.05) is 24.8 Å². The highest BCUT2D eigenvalue weighted by Crippen LogP contribution is 2.16. The molecule has 7 heteroatoms. The number of benzene rings is 1. The van der Waals surface area contributed by atoms with Crippen LogP contribution >= 0.6 is 11.8 Å². The van der Waals surface area contributed by atoms with Crippen molar-refractivity contribution in [3.05, 3.63) is 52.8 Å². The molecule has 0 aliphatic rings. The van der Waals surface area contributed by atoms with Gasteiger partial charge in [0.2, 0.25) is 5.65 Å². The van der Waals surface area contributed by atoms with Gasteiger partial charge in [-0.15, -0.1) is 10.2 Å². The van der Waals surface area contributed by atoms with E-state index in [4.69, 9.17) is 0 Å². The molecule has 3 rings (SSSR count). The molecule has 0 bridgehead atoms. The lowest BCUT2D eigenvalue weighted by molar-refractivity contribution is 0.626. The van der Waals surface area contributed by atoms with Gasteiger partial charge < -0.3 is 0 Å². The Morgan fingerprint density at radius 1 is 1.29 bits per heavy atom. The molecule has 108 valence electrons. The predicted molar refractivity (Wildman–Crippen MR) is 79.6 cm³/mol. The number of rotatable bonds is 4. The highest BCUT2D eigenvalue weighted by atomic mass is 32.2. The molecule has 0 spiro atoms. The fourth-order valence-electron chi connectivity index (χ4n) is 1.99. The zero-order valence-electron chi connectivity index (χ0n) is 11.4. The van der Waals surface area contributed by atoms with Gasteiger partial charge in [-0.25, -0.2) is 4.39 Å². The van der Waals surface area contributed by atoms with Crippen LogP contribution in [0.3, 0.4) is 0 Å². The van der Waals surface area contributed by atoms with Crippen LogP contribution in [0.2, 0.25) is 0 Å². The van der Waals surface area contributed by atoms with Crippen LogP contribution in [-0.2, 0) is 0 Å². The van der Waals surface area contributed by atoms with Crippen molar-refractivity contribution in [3.8, 4) is 5.69 Å². The first kappa shape index (κ1) is 13.8. The third-order valence-corrected chi connectivity index (χ3v) is 4.11. The molecule has 2 aromatic heterocycles. The number of nitrogens with zero attached hydrogens (tertiary/aromatic N) is 4. The Morgan fingerprint density at radius 2 is 2.14 bits per heavy atom. The summed E-state index contributed by atoms with van der Waals surface area (Å²) < 4.78 is 16.3. The van der Waals surface area contributed by atoms with Crippen LogP contribution in [-0.4, -0.2) is 24.9 Å². The van der Waals surface area contributed by atoms with Crippen LogP contribution in [0.25, 0.3) is 11.3 Å². The van der Waals surface area contributed by atoms with Gasteiger partial charge in [-0.2, -0.15) is 0 Å². The third kappa shape index (κ3) is 2.56. The van der Waals surface area contributed by atoms with Crippen LogP contribution in [0.5, 0.6) is 0 Å². The summed E-state index contributed by atoms with van der Waals surface area (Å²) in [5.41, 5.74) is 0.382. The SMILES string of the molecule is CCCSc1nnc2c(=O)n(-c3cccc(F)c3)ccn12. The van der Waals surface area contributed by atoms with Gasteiger partial charge in [0.05, 0.1) is 5.69 Å². The molecule has 3 aromatic rings.